The Morgan fingerprint density at radius 3 is 2.68 bits per heavy atom. The molecule has 2 amide bonds. The summed E-state index contributed by atoms with van der Waals surface area (Å²) in [6, 6.07) is 10.5. The summed E-state index contributed by atoms with van der Waals surface area (Å²) >= 11 is 6.30. The predicted octanol–water partition coefficient (Wildman–Crippen LogP) is 2.20. The van der Waals surface area contributed by atoms with Gasteiger partial charge in [0.15, 0.2) is 6.61 Å². The number of amides is 2. The zero-order valence-corrected chi connectivity index (χ0v) is 15.4. The minimum absolute atomic E-state index is 0.0577. The summed E-state index contributed by atoms with van der Waals surface area (Å²) in [4.78, 5) is 35.5. The van der Waals surface area contributed by atoms with E-state index in [1.807, 2.05) is 4.90 Å². The Kier molecular flexibility index (Phi) is 5.95. The van der Waals surface area contributed by atoms with Crippen LogP contribution in [0.1, 0.15) is 0 Å². The predicted molar refractivity (Wildman–Crippen MR) is 104 cm³/mol. The van der Waals surface area contributed by atoms with E-state index in [0.29, 0.717) is 29.5 Å². The molecule has 2 N–H and O–H groups in total. The average molecular weight is 405 g/mol. The van der Waals surface area contributed by atoms with E-state index in [2.05, 4.69) is 10.6 Å². The molecular formula is C18H17ClN4O5. The van der Waals surface area contributed by atoms with Crippen LogP contribution in [0, 0.1) is 10.1 Å². The highest BCUT2D eigenvalue weighted by atomic mass is 35.5. The molecule has 0 saturated carbocycles. The van der Waals surface area contributed by atoms with Crippen LogP contribution in [-0.4, -0.2) is 43.0 Å². The van der Waals surface area contributed by atoms with Crippen molar-refractivity contribution in [2.75, 3.05) is 36.5 Å². The summed E-state index contributed by atoms with van der Waals surface area (Å²) in [5.74, 6) is -0.125. The molecule has 9 nitrogen and oxygen atoms in total. The zero-order valence-electron chi connectivity index (χ0n) is 14.7. The maximum Gasteiger partial charge on any atom is 0.269 e. The molecule has 1 fully saturated rings. The number of non-ortho nitro benzene ring substituents is 1. The van der Waals surface area contributed by atoms with Crippen LogP contribution in [-0.2, 0) is 9.59 Å². The van der Waals surface area contributed by atoms with Crippen LogP contribution in [0.3, 0.4) is 0 Å². The number of carbonyl (C=O) groups is 2. The van der Waals surface area contributed by atoms with Crippen LogP contribution in [0.4, 0.5) is 17.1 Å². The lowest BCUT2D eigenvalue weighted by atomic mass is 10.2. The lowest BCUT2D eigenvalue weighted by molar-refractivity contribution is -0.384. The first kappa shape index (κ1) is 19.4. The maximum atomic E-state index is 12.1. The minimum Gasteiger partial charge on any atom is -0.484 e. The van der Waals surface area contributed by atoms with Gasteiger partial charge in [0.1, 0.15) is 5.75 Å². The van der Waals surface area contributed by atoms with Gasteiger partial charge in [-0.15, -0.1) is 0 Å². The van der Waals surface area contributed by atoms with Crippen LogP contribution in [0.5, 0.6) is 5.75 Å². The standard InChI is InChI=1S/C18H17ClN4O5/c19-15-9-12(1-6-16(15)22-8-7-20-17(24)10-22)21-18(25)11-28-14-4-2-13(3-5-14)23(26)27/h1-6,9H,7-8,10-11H2,(H,20,24)(H,21,25). The Bertz CT molecular complexity index is 903. The van der Waals surface area contributed by atoms with Crippen molar-refractivity contribution in [3.05, 3.63) is 57.6 Å². The smallest absolute Gasteiger partial charge is 0.269 e. The number of nitro groups is 1. The first-order valence-electron chi connectivity index (χ1n) is 8.40. The molecule has 2 aromatic rings. The molecule has 0 radical (unpaired) electrons. The Morgan fingerprint density at radius 1 is 1.29 bits per heavy atom. The van der Waals surface area contributed by atoms with Gasteiger partial charge in [-0.2, -0.15) is 0 Å². The largest absolute Gasteiger partial charge is 0.484 e. The average Bonchev–Trinajstić information content (AvgIpc) is 2.67. The molecule has 0 bridgehead atoms. The van der Waals surface area contributed by atoms with Crippen molar-refractivity contribution in [2.45, 2.75) is 0 Å². The molecule has 0 atom stereocenters. The van der Waals surface area contributed by atoms with Crippen molar-refractivity contribution in [1.82, 2.24) is 5.32 Å². The van der Waals surface area contributed by atoms with E-state index in [-0.39, 0.29) is 24.7 Å². The zero-order chi connectivity index (χ0) is 20.1. The third-order valence-corrected chi connectivity index (χ3v) is 4.33. The van der Waals surface area contributed by atoms with Crippen LogP contribution < -0.4 is 20.3 Å². The second-order valence-corrected chi connectivity index (χ2v) is 6.43. The number of piperazine rings is 1. The van der Waals surface area contributed by atoms with E-state index >= 15 is 0 Å². The van der Waals surface area contributed by atoms with E-state index in [0.717, 1.165) is 5.69 Å². The van der Waals surface area contributed by atoms with E-state index in [9.17, 15) is 19.7 Å². The maximum absolute atomic E-state index is 12.1. The van der Waals surface area contributed by atoms with Crippen molar-refractivity contribution in [2.24, 2.45) is 0 Å². The number of nitro benzene ring substituents is 1. The quantitative estimate of drug-likeness (QED) is 0.563. The van der Waals surface area contributed by atoms with Gasteiger partial charge in [0.2, 0.25) is 5.91 Å². The number of rotatable bonds is 6. The minimum atomic E-state index is -0.514. The van der Waals surface area contributed by atoms with Gasteiger partial charge >= 0.3 is 0 Å². The number of anilines is 2. The van der Waals surface area contributed by atoms with Crippen molar-refractivity contribution < 1.29 is 19.2 Å². The Hall–Kier alpha value is -3.33. The fourth-order valence-corrected chi connectivity index (χ4v) is 3.00. The Morgan fingerprint density at radius 2 is 2.04 bits per heavy atom. The molecule has 0 aliphatic carbocycles. The van der Waals surface area contributed by atoms with Crippen LogP contribution in [0.15, 0.2) is 42.5 Å². The molecule has 1 saturated heterocycles. The molecule has 1 heterocycles. The van der Waals surface area contributed by atoms with Crippen LogP contribution >= 0.6 is 11.6 Å². The number of halogens is 1. The van der Waals surface area contributed by atoms with Gasteiger partial charge in [-0.1, -0.05) is 11.6 Å². The summed E-state index contributed by atoms with van der Waals surface area (Å²) in [5, 5.41) is 16.5. The van der Waals surface area contributed by atoms with Crippen molar-refractivity contribution in [1.29, 1.82) is 0 Å². The number of nitrogens with one attached hydrogen (secondary N) is 2. The topological polar surface area (TPSA) is 114 Å². The van der Waals surface area contributed by atoms with Gasteiger partial charge in [0.25, 0.3) is 11.6 Å². The molecular weight excluding hydrogens is 388 g/mol. The molecule has 0 spiro atoms. The Labute approximate surface area is 165 Å². The van der Waals surface area contributed by atoms with Crippen molar-refractivity contribution in [3.8, 4) is 5.75 Å². The van der Waals surface area contributed by atoms with Gasteiger partial charge in [-0.05, 0) is 30.3 Å². The third-order valence-electron chi connectivity index (χ3n) is 4.03. The molecule has 1 aliphatic rings. The molecule has 0 unspecified atom stereocenters. The van der Waals surface area contributed by atoms with Crippen molar-refractivity contribution in [3.63, 3.8) is 0 Å². The number of hydrogen-bond acceptors (Lipinski definition) is 6. The summed E-state index contributed by atoms with van der Waals surface area (Å²) in [7, 11) is 0. The lowest BCUT2D eigenvalue weighted by Gasteiger charge is -2.29. The van der Waals surface area contributed by atoms with Gasteiger partial charge in [-0.25, -0.2) is 0 Å². The first-order valence-corrected chi connectivity index (χ1v) is 8.78. The molecule has 28 heavy (non-hydrogen) atoms. The molecule has 2 aromatic carbocycles. The van der Waals surface area contributed by atoms with Crippen molar-refractivity contribution >= 4 is 40.5 Å². The van der Waals surface area contributed by atoms with E-state index in [1.165, 1.54) is 24.3 Å². The fraction of sp³-hybridized carbons (Fsp3) is 0.222. The number of hydrogen-bond donors (Lipinski definition) is 2. The molecule has 0 aromatic heterocycles. The number of ether oxygens (including phenoxy) is 1. The summed E-state index contributed by atoms with van der Waals surface area (Å²) in [6.45, 7) is 1.17. The molecule has 3 rings (SSSR count). The molecule has 146 valence electrons. The van der Waals surface area contributed by atoms with E-state index < -0.39 is 10.8 Å². The highest BCUT2D eigenvalue weighted by molar-refractivity contribution is 6.33. The van der Waals surface area contributed by atoms with Gasteiger partial charge in [0.05, 0.1) is 22.2 Å². The van der Waals surface area contributed by atoms with Gasteiger partial charge in [0, 0.05) is 30.9 Å². The second kappa shape index (κ2) is 8.57. The first-order chi connectivity index (χ1) is 13.4. The summed E-state index contributed by atoms with van der Waals surface area (Å²) in [6.07, 6.45) is 0. The van der Waals surface area contributed by atoms with Crippen LogP contribution in [0.2, 0.25) is 5.02 Å². The van der Waals surface area contributed by atoms with Crippen LogP contribution in [0.25, 0.3) is 0 Å². The lowest BCUT2D eigenvalue weighted by Crippen LogP contribution is -2.47. The highest BCUT2D eigenvalue weighted by Gasteiger charge is 2.19. The SMILES string of the molecule is O=C1CN(c2ccc(NC(=O)COc3ccc([N+](=O)[O-])cc3)cc2Cl)CCN1. The summed E-state index contributed by atoms with van der Waals surface area (Å²) in [5.41, 5.74) is 1.15. The number of carbonyl (C=O) groups excluding carboxylic acids is 2. The normalized spacial score (nSPS) is 13.6. The number of nitrogens with zero attached hydrogens (tertiary/aromatic N) is 2. The monoisotopic (exact) mass is 404 g/mol. The molecule has 1 aliphatic heterocycles. The van der Waals surface area contributed by atoms with Gasteiger partial charge in [-0.3, -0.25) is 19.7 Å². The highest BCUT2D eigenvalue weighted by Crippen LogP contribution is 2.29. The third kappa shape index (κ3) is 4.89. The fourth-order valence-electron chi connectivity index (χ4n) is 2.70. The Balaban J connectivity index is 1.55. The molecule has 10 heteroatoms. The van der Waals surface area contributed by atoms with E-state index in [4.69, 9.17) is 16.3 Å². The van der Waals surface area contributed by atoms with E-state index in [1.54, 1.807) is 18.2 Å². The summed E-state index contributed by atoms with van der Waals surface area (Å²) < 4.78 is 5.32. The van der Waals surface area contributed by atoms with Gasteiger partial charge < -0.3 is 20.3 Å². The number of benzene rings is 2. The second-order valence-electron chi connectivity index (χ2n) is 6.03.